The summed E-state index contributed by atoms with van der Waals surface area (Å²) in [4.78, 5) is 2.58. The molecule has 0 N–H and O–H groups in total. The van der Waals surface area contributed by atoms with Crippen molar-refractivity contribution in [2.45, 2.75) is 10.8 Å². The zero-order valence-electron chi connectivity index (χ0n) is 41.5. The van der Waals surface area contributed by atoms with Gasteiger partial charge in [-0.2, -0.15) is 0 Å². The molecule has 2 heteroatoms. The molecule has 0 saturated carbocycles. The summed E-state index contributed by atoms with van der Waals surface area (Å²) in [7, 11) is 0. The Bertz CT molecular complexity index is 4430. The fraction of sp³-hybridized carbons (Fsp3) is 0.0270. The first-order chi connectivity index (χ1) is 37.7. The highest BCUT2D eigenvalue weighted by molar-refractivity contribution is 7.25. The van der Waals surface area contributed by atoms with Gasteiger partial charge in [0.1, 0.15) is 0 Å². The molecule has 13 aromatic rings. The summed E-state index contributed by atoms with van der Waals surface area (Å²) in [6, 6.07) is 107. The van der Waals surface area contributed by atoms with Gasteiger partial charge < -0.3 is 4.90 Å². The van der Waals surface area contributed by atoms with E-state index in [2.05, 4.69) is 290 Å². The molecule has 3 aliphatic carbocycles. The molecule has 1 nitrogen and oxygen atoms in total. The Hall–Kier alpha value is -9.34. The third-order valence-corrected chi connectivity index (χ3v) is 18.1. The van der Waals surface area contributed by atoms with E-state index >= 15 is 0 Å². The van der Waals surface area contributed by atoms with Gasteiger partial charge in [0, 0.05) is 37.1 Å². The maximum Gasteiger partial charge on any atom is 0.0726 e. The molecule has 1 spiro atoms. The predicted octanol–water partition coefficient (Wildman–Crippen LogP) is 19.6. The molecular formula is C74H47NS. The van der Waals surface area contributed by atoms with Crippen molar-refractivity contribution in [3.05, 3.63) is 330 Å². The van der Waals surface area contributed by atoms with E-state index < -0.39 is 10.8 Å². The molecule has 3 aliphatic rings. The monoisotopic (exact) mass is 981 g/mol. The summed E-state index contributed by atoms with van der Waals surface area (Å²) >= 11 is 1.88. The lowest BCUT2D eigenvalue weighted by Crippen LogP contribution is -2.28. The number of fused-ring (bicyclic) bond motifs is 16. The zero-order valence-corrected chi connectivity index (χ0v) is 42.3. The highest BCUT2D eigenvalue weighted by Gasteiger charge is 2.53. The summed E-state index contributed by atoms with van der Waals surface area (Å²) < 4.78 is 2.57. The molecule has 1 atom stereocenters. The van der Waals surface area contributed by atoms with Gasteiger partial charge in [0.25, 0.3) is 0 Å². The van der Waals surface area contributed by atoms with Crippen molar-refractivity contribution in [2.24, 2.45) is 0 Å². The van der Waals surface area contributed by atoms with E-state index in [9.17, 15) is 0 Å². The van der Waals surface area contributed by atoms with Crippen molar-refractivity contribution in [1.29, 1.82) is 0 Å². The largest absolute Gasteiger partial charge is 0.310 e. The van der Waals surface area contributed by atoms with Gasteiger partial charge in [-0.05, 0) is 137 Å². The Kier molecular flexibility index (Phi) is 9.40. The Labute approximate surface area is 446 Å². The minimum Gasteiger partial charge on any atom is -0.310 e. The number of nitrogens with zero attached hydrogens (tertiary/aromatic N) is 1. The smallest absolute Gasteiger partial charge is 0.0726 e. The molecule has 0 amide bonds. The van der Waals surface area contributed by atoms with Crippen molar-refractivity contribution in [1.82, 2.24) is 0 Å². The summed E-state index contributed by atoms with van der Waals surface area (Å²) in [6.45, 7) is 0. The normalized spacial score (nSPS) is 15.0. The topological polar surface area (TPSA) is 3.24 Å². The molecule has 16 rings (SSSR count). The molecular weight excluding hydrogens is 935 g/mol. The Morgan fingerprint density at radius 2 is 0.737 bits per heavy atom. The van der Waals surface area contributed by atoms with Crippen molar-refractivity contribution < 1.29 is 0 Å². The Morgan fingerprint density at radius 3 is 1.43 bits per heavy atom. The van der Waals surface area contributed by atoms with Crippen molar-refractivity contribution >= 4 is 48.6 Å². The van der Waals surface area contributed by atoms with Crippen LogP contribution in [0.25, 0.3) is 75.8 Å². The van der Waals surface area contributed by atoms with Gasteiger partial charge in [-0.1, -0.05) is 243 Å². The first-order valence-corrected chi connectivity index (χ1v) is 27.2. The van der Waals surface area contributed by atoms with Crippen LogP contribution in [0.3, 0.4) is 0 Å². The van der Waals surface area contributed by atoms with Crippen LogP contribution in [0.4, 0.5) is 17.1 Å². The van der Waals surface area contributed by atoms with Gasteiger partial charge in [0.2, 0.25) is 0 Å². The van der Waals surface area contributed by atoms with Crippen LogP contribution in [0, 0.1) is 0 Å². The highest BCUT2D eigenvalue weighted by Crippen LogP contribution is 2.66. The SMILES string of the molecule is c1ccc(-c2ccccc2-c2ccc3c(c2)C2(c4ccccc4-3)c3ccccc3-c3c(N(c4ccc5c(c4)C(c4ccccc4)(c4ccccc4)c4ccccc4-5)c4ccc5c(c4)sc4ccccc45)cccc32)cc1. The van der Waals surface area contributed by atoms with E-state index in [0.29, 0.717) is 0 Å². The molecule has 354 valence electrons. The Morgan fingerprint density at radius 1 is 0.263 bits per heavy atom. The molecule has 1 heterocycles. The number of hydrogen-bond acceptors (Lipinski definition) is 2. The van der Waals surface area contributed by atoms with E-state index in [0.717, 1.165) is 17.1 Å². The van der Waals surface area contributed by atoms with Crippen LogP contribution in [0.1, 0.15) is 44.5 Å². The van der Waals surface area contributed by atoms with Crippen LogP contribution in [0.2, 0.25) is 0 Å². The molecule has 1 unspecified atom stereocenters. The van der Waals surface area contributed by atoms with Crippen molar-refractivity contribution in [3.8, 4) is 55.6 Å². The quantitative estimate of drug-likeness (QED) is 0.154. The highest BCUT2D eigenvalue weighted by atomic mass is 32.1. The number of anilines is 3. The Balaban J connectivity index is 0.978. The van der Waals surface area contributed by atoms with Crippen LogP contribution >= 0.6 is 11.3 Å². The minimum atomic E-state index is -0.581. The first kappa shape index (κ1) is 43.1. The molecule has 76 heavy (non-hydrogen) atoms. The van der Waals surface area contributed by atoms with E-state index in [-0.39, 0.29) is 0 Å². The maximum absolute atomic E-state index is 2.58. The lowest BCUT2D eigenvalue weighted by atomic mass is 9.67. The van der Waals surface area contributed by atoms with Gasteiger partial charge in [0.05, 0.1) is 16.5 Å². The van der Waals surface area contributed by atoms with E-state index in [4.69, 9.17) is 0 Å². The van der Waals surface area contributed by atoms with Gasteiger partial charge in [-0.15, -0.1) is 11.3 Å². The average molecular weight is 982 g/mol. The summed E-state index contributed by atoms with van der Waals surface area (Å²) in [5.41, 5.74) is 25.1. The van der Waals surface area contributed by atoms with Gasteiger partial charge in [-0.25, -0.2) is 0 Å². The van der Waals surface area contributed by atoms with E-state index in [1.54, 1.807) is 0 Å². The molecule has 0 bridgehead atoms. The second kappa shape index (κ2) is 16.6. The lowest BCUT2D eigenvalue weighted by Gasteiger charge is -2.35. The van der Waals surface area contributed by atoms with E-state index in [1.807, 2.05) is 11.3 Å². The number of thiophene rings is 1. The minimum absolute atomic E-state index is 0.561. The zero-order chi connectivity index (χ0) is 50.0. The standard InChI is InChI=1S/C74H47NS/c1-4-21-48(22-5-1)54-27-10-11-28-55(54)49-39-42-58-57-30-13-17-34-64(57)74(67(58)45-49)65-35-18-14-32-62(65)72-66(74)36-20-37-69(72)75(53-41-44-61-60-31-15-19-38-70(60)76-71(61)47-53)52-40-43-59-56-29-12-16-33-63(56)73(68(59)46-52,50-23-6-2-7-24-50)51-25-8-3-9-26-51/h1-47H. The third-order valence-electron chi connectivity index (χ3n) is 17.0. The summed E-state index contributed by atoms with van der Waals surface area (Å²) in [6.07, 6.45) is 0. The lowest BCUT2D eigenvalue weighted by molar-refractivity contribution is 0.768. The van der Waals surface area contributed by atoms with Crippen LogP contribution in [0.15, 0.2) is 285 Å². The molecule has 0 fully saturated rings. The van der Waals surface area contributed by atoms with Gasteiger partial charge in [-0.3, -0.25) is 0 Å². The molecule has 0 radical (unpaired) electrons. The third kappa shape index (κ3) is 5.90. The van der Waals surface area contributed by atoms with Crippen LogP contribution in [-0.4, -0.2) is 0 Å². The average Bonchev–Trinajstić information content (AvgIpc) is 4.23. The van der Waals surface area contributed by atoms with Gasteiger partial charge in [0.15, 0.2) is 0 Å². The van der Waals surface area contributed by atoms with Gasteiger partial charge >= 0.3 is 0 Å². The second-order valence-corrected chi connectivity index (χ2v) is 21.7. The number of benzene rings is 12. The van der Waals surface area contributed by atoms with E-state index in [1.165, 1.54) is 120 Å². The molecule has 12 aromatic carbocycles. The van der Waals surface area contributed by atoms with Crippen LogP contribution in [-0.2, 0) is 10.8 Å². The number of rotatable bonds is 7. The molecule has 0 saturated heterocycles. The molecule has 1 aromatic heterocycles. The second-order valence-electron chi connectivity index (χ2n) is 20.6. The van der Waals surface area contributed by atoms with Crippen molar-refractivity contribution in [2.75, 3.05) is 4.90 Å². The predicted molar refractivity (Wildman–Crippen MR) is 318 cm³/mol. The summed E-state index contributed by atoms with van der Waals surface area (Å²) in [5, 5.41) is 2.58. The van der Waals surface area contributed by atoms with Crippen molar-refractivity contribution in [3.63, 3.8) is 0 Å². The maximum atomic E-state index is 2.58. The van der Waals surface area contributed by atoms with Crippen LogP contribution < -0.4 is 4.90 Å². The van der Waals surface area contributed by atoms with Crippen LogP contribution in [0.5, 0.6) is 0 Å². The fourth-order valence-corrected chi connectivity index (χ4v) is 15.1. The number of hydrogen-bond donors (Lipinski definition) is 0. The molecule has 0 aliphatic heterocycles. The first-order valence-electron chi connectivity index (χ1n) is 26.4. The summed E-state index contributed by atoms with van der Waals surface area (Å²) in [5.74, 6) is 0. The fourth-order valence-electron chi connectivity index (χ4n) is 14.0.